The SMILES string of the molecule is SCc1cc(Nc2cc(Cl)cc(Cl)c2)[c]o1. The van der Waals surface area contributed by atoms with Gasteiger partial charge in [-0.3, -0.25) is 0 Å². The van der Waals surface area contributed by atoms with Gasteiger partial charge in [0.05, 0.1) is 5.69 Å². The molecule has 2 aromatic rings. The van der Waals surface area contributed by atoms with Crippen molar-refractivity contribution in [2.75, 3.05) is 5.32 Å². The first kappa shape index (κ1) is 11.7. The van der Waals surface area contributed by atoms with E-state index in [9.17, 15) is 0 Å². The molecule has 0 bridgehead atoms. The Balaban J connectivity index is 2.19. The van der Waals surface area contributed by atoms with Crippen LogP contribution in [0, 0.1) is 6.26 Å². The summed E-state index contributed by atoms with van der Waals surface area (Å²) in [5.74, 6) is 1.29. The number of rotatable bonds is 3. The van der Waals surface area contributed by atoms with E-state index in [0.717, 1.165) is 17.1 Å². The Kier molecular flexibility index (Phi) is 3.69. The minimum atomic E-state index is 0.536. The molecule has 2 rings (SSSR count). The zero-order valence-corrected chi connectivity index (χ0v) is 10.5. The molecule has 1 radical (unpaired) electrons. The summed E-state index contributed by atoms with van der Waals surface area (Å²) in [5.41, 5.74) is 1.52. The molecule has 1 heterocycles. The van der Waals surface area contributed by atoms with Crippen LogP contribution in [0.5, 0.6) is 0 Å². The number of thiol groups is 1. The molecule has 0 saturated carbocycles. The molecule has 0 atom stereocenters. The van der Waals surface area contributed by atoms with Gasteiger partial charge < -0.3 is 9.73 Å². The Hall–Kier alpha value is -0.770. The van der Waals surface area contributed by atoms with Gasteiger partial charge in [-0.15, -0.1) is 0 Å². The van der Waals surface area contributed by atoms with Crippen LogP contribution in [0.1, 0.15) is 5.76 Å². The summed E-state index contributed by atoms with van der Waals surface area (Å²) in [4.78, 5) is 0. The Morgan fingerprint density at radius 1 is 1.19 bits per heavy atom. The number of anilines is 2. The van der Waals surface area contributed by atoms with Gasteiger partial charge in [0.15, 0.2) is 6.26 Å². The number of hydrogen-bond donors (Lipinski definition) is 2. The molecule has 0 fully saturated rings. The van der Waals surface area contributed by atoms with Crippen LogP contribution in [0.2, 0.25) is 10.0 Å². The predicted molar refractivity (Wildman–Crippen MR) is 70.0 cm³/mol. The minimum Gasteiger partial charge on any atom is -0.455 e. The molecule has 0 aliphatic heterocycles. The molecule has 0 amide bonds. The third-order valence-corrected chi connectivity index (χ3v) is 2.64. The predicted octanol–water partition coefficient (Wildman–Crippen LogP) is 4.56. The van der Waals surface area contributed by atoms with E-state index >= 15 is 0 Å². The number of nitrogens with one attached hydrogen (secondary N) is 1. The molecule has 0 unspecified atom stereocenters. The molecule has 1 aromatic carbocycles. The van der Waals surface area contributed by atoms with Crippen molar-refractivity contribution in [1.82, 2.24) is 0 Å². The average molecular weight is 273 g/mol. The van der Waals surface area contributed by atoms with Gasteiger partial charge in [0.2, 0.25) is 0 Å². The molecule has 0 saturated heterocycles. The lowest BCUT2D eigenvalue weighted by Gasteiger charge is -2.03. The fourth-order valence-electron chi connectivity index (χ4n) is 1.26. The van der Waals surface area contributed by atoms with Gasteiger partial charge >= 0.3 is 0 Å². The van der Waals surface area contributed by atoms with Crippen LogP contribution >= 0.6 is 35.8 Å². The smallest absolute Gasteiger partial charge is 0.195 e. The zero-order valence-electron chi connectivity index (χ0n) is 8.13. The monoisotopic (exact) mass is 272 g/mol. The quantitative estimate of drug-likeness (QED) is 0.801. The van der Waals surface area contributed by atoms with Crippen molar-refractivity contribution >= 4 is 47.2 Å². The second-order valence-corrected chi connectivity index (χ2v) is 4.36. The topological polar surface area (TPSA) is 25.2 Å². The molecule has 16 heavy (non-hydrogen) atoms. The fraction of sp³-hybridized carbons (Fsp3) is 0.0909. The van der Waals surface area contributed by atoms with Crippen LogP contribution in [0.3, 0.4) is 0 Å². The normalized spacial score (nSPS) is 10.4. The highest BCUT2D eigenvalue weighted by Gasteiger charge is 2.03. The number of hydrogen-bond acceptors (Lipinski definition) is 3. The zero-order chi connectivity index (χ0) is 11.5. The van der Waals surface area contributed by atoms with Crippen molar-refractivity contribution in [3.8, 4) is 0 Å². The van der Waals surface area contributed by atoms with Crippen molar-refractivity contribution in [2.45, 2.75) is 5.75 Å². The van der Waals surface area contributed by atoms with Crippen LogP contribution in [0.15, 0.2) is 28.7 Å². The summed E-state index contributed by atoms with van der Waals surface area (Å²) in [6.45, 7) is 0. The highest BCUT2D eigenvalue weighted by atomic mass is 35.5. The van der Waals surface area contributed by atoms with E-state index in [1.165, 1.54) is 0 Å². The van der Waals surface area contributed by atoms with Crippen LogP contribution in [0.25, 0.3) is 0 Å². The van der Waals surface area contributed by atoms with Crippen molar-refractivity contribution in [2.24, 2.45) is 0 Å². The maximum Gasteiger partial charge on any atom is 0.195 e. The molecule has 0 aliphatic rings. The van der Waals surface area contributed by atoms with E-state index < -0.39 is 0 Å². The first-order valence-electron chi connectivity index (χ1n) is 4.52. The largest absolute Gasteiger partial charge is 0.455 e. The van der Waals surface area contributed by atoms with Gasteiger partial charge in [0.25, 0.3) is 0 Å². The van der Waals surface area contributed by atoms with Crippen LogP contribution in [-0.2, 0) is 5.75 Å². The number of halogens is 2. The van der Waals surface area contributed by atoms with E-state index in [1.54, 1.807) is 18.2 Å². The van der Waals surface area contributed by atoms with Crippen molar-refractivity contribution < 1.29 is 4.42 Å². The number of furan rings is 1. The summed E-state index contributed by atoms with van der Waals surface area (Å²) in [6.07, 6.45) is 2.72. The molecule has 0 spiro atoms. The maximum absolute atomic E-state index is 5.88. The average Bonchev–Trinajstić information content (AvgIpc) is 2.64. The Bertz CT molecular complexity index is 478. The number of benzene rings is 1. The van der Waals surface area contributed by atoms with E-state index in [2.05, 4.69) is 24.2 Å². The molecule has 1 aromatic heterocycles. The lowest BCUT2D eigenvalue weighted by molar-refractivity contribution is 0.523. The molecule has 2 nitrogen and oxygen atoms in total. The van der Waals surface area contributed by atoms with Gasteiger partial charge in [-0.05, 0) is 18.2 Å². The van der Waals surface area contributed by atoms with E-state index in [1.807, 2.05) is 6.07 Å². The van der Waals surface area contributed by atoms with E-state index in [4.69, 9.17) is 27.6 Å². The molecule has 5 heteroatoms. The maximum atomic E-state index is 5.88. The van der Waals surface area contributed by atoms with Crippen LogP contribution in [-0.4, -0.2) is 0 Å². The van der Waals surface area contributed by atoms with Crippen molar-refractivity contribution in [3.05, 3.63) is 46.3 Å². The molecule has 0 aliphatic carbocycles. The second kappa shape index (κ2) is 5.04. The van der Waals surface area contributed by atoms with Gasteiger partial charge in [0, 0.05) is 27.6 Å². The first-order chi connectivity index (χ1) is 7.67. The third-order valence-electron chi connectivity index (χ3n) is 1.89. The Labute approximate surface area is 109 Å². The molecular weight excluding hydrogens is 265 g/mol. The van der Waals surface area contributed by atoms with Gasteiger partial charge in [0.1, 0.15) is 5.76 Å². The lowest BCUT2D eigenvalue weighted by Crippen LogP contribution is -1.88. The third kappa shape index (κ3) is 2.88. The minimum absolute atomic E-state index is 0.536. The van der Waals surface area contributed by atoms with Gasteiger partial charge in [-0.2, -0.15) is 12.6 Å². The highest BCUT2D eigenvalue weighted by molar-refractivity contribution is 7.79. The summed E-state index contributed by atoms with van der Waals surface area (Å²) in [6, 6.07) is 7.04. The highest BCUT2D eigenvalue weighted by Crippen LogP contribution is 2.26. The molecule has 1 N–H and O–H groups in total. The second-order valence-electron chi connectivity index (χ2n) is 3.17. The fourth-order valence-corrected chi connectivity index (χ4v) is 1.94. The summed E-state index contributed by atoms with van der Waals surface area (Å²) in [5, 5.41) is 4.24. The first-order valence-corrected chi connectivity index (χ1v) is 5.90. The van der Waals surface area contributed by atoms with Gasteiger partial charge in [-0.25, -0.2) is 0 Å². The lowest BCUT2D eigenvalue weighted by atomic mass is 10.3. The molecule has 83 valence electrons. The standard InChI is InChI=1S/C11H8Cl2NOS/c12-7-1-8(13)3-9(2-7)14-10-4-11(6-16)15-5-10/h1-4,14,16H,6H2. The summed E-state index contributed by atoms with van der Waals surface area (Å²) in [7, 11) is 0. The van der Waals surface area contributed by atoms with E-state index in [0.29, 0.717) is 15.8 Å². The van der Waals surface area contributed by atoms with Gasteiger partial charge in [-0.1, -0.05) is 23.2 Å². The van der Waals surface area contributed by atoms with E-state index in [-0.39, 0.29) is 0 Å². The Morgan fingerprint density at radius 3 is 2.44 bits per heavy atom. The van der Waals surface area contributed by atoms with Crippen molar-refractivity contribution in [3.63, 3.8) is 0 Å². The molecular formula is C11H8Cl2NOS. The van der Waals surface area contributed by atoms with Crippen LogP contribution < -0.4 is 5.32 Å². The summed E-state index contributed by atoms with van der Waals surface area (Å²) >= 11 is 15.9. The van der Waals surface area contributed by atoms with Crippen molar-refractivity contribution in [1.29, 1.82) is 0 Å². The Morgan fingerprint density at radius 2 is 1.88 bits per heavy atom. The van der Waals surface area contributed by atoms with Crippen LogP contribution in [0.4, 0.5) is 11.4 Å². The summed E-state index contributed by atoms with van der Waals surface area (Å²) < 4.78 is 5.12.